The van der Waals surface area contributed by atoms with Crippen LogP contribution >= 0.6 is 0 Å². The lowest BCUT2D eigenvalue weighted by Gasteiger charge is -2.41. The lowest BCUT2D eigenvalue weighted by Crippen LogP contribution is -2.50. The summed E-state index contributed by atoms with van der Waals surface area (Å²) in [6.07, 6.45) is 5.29. The van der Waals surface area contributed by atoms with Gasteiger partial charge in [-0.1, -0.05) is 13.3 Å². The summed E-state index contributed by atoms with van der Waals surface area (Å²) in [4.78, 5) is 13.7. The summed E-state index contributed by atoms with van der Waals surface area (Å²) in [7, 11) is 0. The molecule has 0 aromatic heterocycles. The second-order valence-corrected chi connectivity index (χ2v) is 4.89. The molecule has 1 fully saturated rings. The highest BCUT2D eigenvalue weighted by Gasteiger charge is 2.33. The molecule has 1 aliphatic heterocycles. The van der Waals surface area contributed by atoms with Crippen molar-refractivity contribution >= 4 is 6.09 Å². The molecule has 1 saturated heterocycles. The van der Waals surface area contributed by atoms with Crippen molar-refractivity contribution in [3.05, 3.63) is 0 Å². The van der Waals surface area contributed by atoms with Crippen molar-refractivity contribution in [1.82, 2.24) is 4.90 Å². The van der Waals surface area contributed by atoms with E-state index >= 15 is 0 Å². The molecule has 1 heterocycles. The van der Waals surface area contributed by atoms with E-state index in [4.69, 9.17) is 4.74 Å². The predicted molar refractivity (Wildman–Crippen MR) is 60.9 cm³/mol. The minimum Gasteiger partial charge on any atom is -0.449 e. The van der Waals surface area contributed by atoms with Crippen molar-refractivity contribution in [2.75, 3.05) is 13.2 Å². The lowest BCUT2D eigenvalue weighted by molar-refractivity contribution is 0.0428. The van der Waals surface area contributed by atoms with Crippen LogP contribution in [0.3, 0.4) is 0 Å². The van der Waals surface area contributed by atoms with Gasteiger partial charge in [-0.05, 0) is 39.5 Å². The molecule has 0 aliphatic carbocycles. The molecule has 0 radical (unpaired) electrons. The maximum atomic E-state index is 11.8. The monoisotopic (exact) mass is 213 g/mol. The third kappa shape index (κ3) is 3.40. The smallest absolute Gasteiger partial charge is 0.410 e. The SMILES string of the molecule is CCCCOC(=O)N1CCCCC1(C)C. The van der Waals surface area contributed by atoms with Crippen LogP contribution in [0.2, 0.25) is 0 Å². The minimum absolute atomic E-state index is 0.0262. The van der Waals surface area contributed by atoms with Gasteiger partial charge in [0.15, 0.2) is 0 Å². The Kier molecular flexibility index (Phi) is 4.43. The Bertz CT molecular complexity index is 214. The topological polar surface area (TPSA) is 29.5 Å². The van der Waals surface area contributed by atoms with Crippen LogP contribution in [0.1, 0.15) is 52.9 Å². The van der Waals surface area contributed by atoms with E-state index < -0.39 is 0 Å². The molecule has 3 heteroatoms. The molecule has 0 saturated carbocycles. The third-order valence-corrected chi connectivity index (χ3v) is 3.09. The van der Waals surface area contributed by atoms with Crippen molar-refractivity contribution < 1.29 is 9.53 Å². The van der Waals surface area contributed by atoms with E-state index in [0.29, 0.717) is 6.61 Å². The number of rotatable bonds is 3. The number of carbonyl (C=O) groups excluding carboxylic acids is 1. The number of unbranched alkanes of at least 4 members (excludes halogenated alkanes) is 1. The summed E-state index contributed by atoms with van der Waals surface area (Å²) < 4.78 is 5.24. The molecule has 0 spiro atoms. The number of hydrogen-bond acceptors (Lipinski definition) is 2. The van der Waals surface area contributed by atoms with Gasteiger partial charge in [0, 0.05) is 12.1 Å². The summed E-state index contributed by atoms with van der Waals surface area (Å²) in [5.41, 5.74) is -0.0262. The zero-order valence-electron chi connectivity index (χ0n) is 10.2. The summed E-state index contributed by atoms with van der Waals surface area (Å²) in [5, 5.41) is 0. The van der Waals surface area contributed by atoms with Gasteiger partial charge >= 0.3 is 6.09 Å². The first-order valence-corrected chi connectivity index (χ1v) is 6.02. The Morgan fingerprint density at radius 1 is 1.40 bits per heavy atom. The summed E-state index contributed by atoms with van der Waals surface area (Å²) in [6.45, 7) is 7.74. The fourth-order valence-electron chi connectivity index (χ4n) is 1.99. The molecule has 15 heavy (non-hydrogen) atoms. The van der Waals surface area contributed by atoms with Crippen molar-refractivity contribution in [2.45, 2.75) is 58.4 Å². The quantitative estimate of drug-likeness (QED) is 0.674. The van der Waals surface area contributed by atoms with Crippen LogP contribution in [0.5, 0.6) is 0 Å². The van der Waals surface area contributed by atoms with Crippen molar-refractivity contribution in [2.24, 2.45) is 0 Å². The highest BCUT2D eigenvalue weighted by atomic mass is 16.6. The average molecular weight is 213 g/mol. The molecule has 0 atom stereocenters. The highest BCUT2D eigenvalue weighted by molar-refractivity contribution is 5.68. The third-order valence-electron chi connectivity index (χ3n) is 3.09. The molecule has 0 N–H and O–H groups in total. The van der Waals surface area contributed by atoms with E-state index in [1.54, 1.807) is 0 Å². The first kappa shape index (κ1) is 12.3. The zero-order valence-corrected chi connectivity index (χ0v) is 10.2. The first-order chi connectivity index (χ1) is 7.08. The number of hydrogen-bond donors (Lipinski definition) is 0. The van der Waals surface area contributed by atoms with E-state index in [-0.39, 0.29) is 11.6 Å². The van der Waals surface area contributed by atoms with E-state index in [9.17, 15) is 4.79 Å². The Balaban J connectivity index is 2.42. The van der Waals surface area contributed by atoms with Gasteiger partial charge in [-0.25, -0.2) is 4.79 Å². The van der Waals surface area contributed by atoms with Crippen LogP contribution in [0.4, 0.5) is 4.79 Å². The van der Waals surface area contributed by atoms with Crippen molar-refractivity contribution in [3.8, 4) is 0 Å². The number of nitrogens with zero attached hydrogens (tertiary/aromatic N) is 1. The Hall–Kier alpha value is -0.730. The Labute approximate surface area is 92.8 Å². The van der Waals surface area contributed by atoms with Crippen molar-refractivity contribution in [1.29, 1.82) is 0 Å². The standard InChI is InChI=1S/C12H23NO2/c1-4-5-10-15-11(14)13-9-7-6-8-12(13,2)3/h4-10H2,1-3H3. The van der Waals surface area contributed by atoms with Gasteiger partial charge in [-0.2, -0.15) is 0 Å². The summed E-state index contributed by atoms with van der Waals surface area (Å²) >= 11 is 0. The van der Waals surface area contributed by atoms with E-state index in [0.717, 1.165) is 32.2 Å². The van der Waals surface area contributed by atoms with Gasteiger partial charge in [-0.3, -0.25) is 0 Å². The minimum atomic E-state index is -0.131. The highest BCUT2D eigenvalue weighted by Crippen LogP contribution is 2.27. The van der Waals surface area contributed by atoms with E-state index in [2.05, 4.69) is 20.8 Å². The maximum Gasteiger partial charge on any atom is 0.410 e. The predicted octanol–water partition coefficient (Wildman–Crippen LogP) is 3.19. The molecule has 1 aliphatic rings. The van der Waals surface area contributed by atoms with Crippen LogP contribution in [0, 0.1) is 0 Å². The van der Waals surface area contributed by atoms with Crippen LogP contribution in [0.15, 0.2) is 0 Å². The van der Waals surface area contributed by atoms with Gasteiger partial charge in [0.2, 0.25) is 0 Å². The van der Waals surface area contributed by atoms with E-state index in [1.165, 1.54) is 6.42 Å². The number of likely N-dealkylation sites (tertiary alicyclic amines) is 1. The lowest BCUT2D eigenvalue weighted by atomic mass is 9.91. The first-order valence-electron chi connectivity index (χ1n) is 6.02. The Morgan fingerprint density at radius 2 is 2.13 bits per heavy atom. The second-order valence-electron chi connectivity index (χ2n) is 4.89. The fraction of sp³-hybridized carbons (Fsp3) is 0.917. The van der Waals surface area contributed by atoms with E-state index in [1.807, 2.05) is 4.90 Å². The van der Waals surface area contributed by atoms with Gasteiger partial charge in [-0.15, -0.1) is 0 Å². The summed E-state index contributed by atoms with van der Waals surface area (Å²) in [5.74, 6) is 0. The molecule has 0 unspecified atom stereocenters. The average Bonchev–Trinajstić information content (AvgIpc) is 2.17. The number of piperidine rings is 1. The number of carbonyl (C=O) groups is 1. The van der Waals surface area contributed by atoms with Gasteiger partial charge < -0.3 is 9.64 Å². The second kappa shape index (κ2) is 5.38. The molecule has 88 valence electrons. The maximum absolute atomic E-state index is 11.8. The summed E-state index contributed by atoms with van der Waals surface area (Å²) in [6, 6.07) is 0. The molecule has 0 aromatic rings. The van der Waals surface area contributed by atoms with Crippen LogP contribution < -0.4 is 0 Å². The fourth-order valence-corrected chi connectivity index (χ4v) is 1.99. The van der Waals surface area contributed by atoms with Gasteiger partial charge in [0.1, 0.15) is 0 Å². The molecular formula is C12H23NO2. The molecule has 0 bridgehead atoms. The largest absolute Gasteiger partial charge is 0.449 e. The van der Waals surface area contributed by atoms with Gasteiger partial charge in [0.05, 0.1) is 6.61 Å². The zero-order chi connectivity index (χ0) is 11.3. The molecule has 1 amide bonds. The van der Waals surface area contributed by atoms with Crippen LogP contribution in [-0.4, -0.2) is 29.7 Å². The number of amides is 1. The molecule has 0 aromatic carbocycles. The normalized spacial score (nSPS) is 20.1. The van der Waals surface area contributed by atoms with Gasteiger partial charge in [0.25, 0.3) is 0 Å². The molecule has 3 nitrogen and oxygen atoms in total. The number of ether oxygens (including phenoxy) is 1. The van der Waals surface area contributed by atoms with Crippen molar-refractivity contribution in [3.63, 3.8) is 0 Å². The molecule has 1 rings (SSSR count). The van der Waals surface area contributed by atoms with Crippen LogP contribution in [-0.2, 0) is 4.74 Å². The molecular weight excluding hydrogens is 190 g/mol. The Morgan fingerprint density at radius 3 is 2.73 bits per heavy atom. The van der Waals surface area contributed by atoms with Crippen LogP contribution in [0.25, 0.3) is 0 Å².